The summed E-state index contributed by atoms with van der Waals surface area (Å²) in [4.78, 5) is 27.8. The van der Waals surface area contributed by atoms with Crippen molar-refractivity contribution in [2.45, 2.75) is 26.7 Å². The Balaban J connectivity index is 2.94. The number of nitrogens with zero attached hydrogens (tertiary/aromatic N) is 4. The summed E-state index contributed by atoms with van der Waals surface area (Å²) in [6.07, 6.45) is 0. The molecule has 0 radical (unpaired) electrons. The molecule has 24 heavy (non-hydrogen) atoms. The Morgan fingerprint density at radius 3 is 2.38 bits per heavy atom. The van der Waals surface area contributed by atoms with E-state index in [1.165, 1.54) is 19.9 Å². The largest absolute Gasteiger partial charge is 0.711 e. The van der Waals surface area contributed by atoms with E-state index < -0.39 is 22.9 Å². The average molecular weight is 336 g/mol. The third kappa shape index (κ3) is 2.56. The first kappa shape index (κ1) is 17.3. The lowest BCUT2D eigenvalue weighted by atomic mass is 10.2. The molecule has 9 heteroatoms. The van der Waals surface area contributed by atoms with Gasteiger partial charge in [0, 0.05) is 19.5 Å². The molecule has 0 atom stereocenters. The van der Waals surface area contributed by atoms with Gasteiger partial charge in [-0.15, -0.1) is 4.57 Å². The second-order valence-corrected chi connectivity index (χ2v) is 5.46. The fourth-order valence-electron chi connectivity index (χ4n) is 2.42. The van der Waals surface area contributed by atoms with Crippen LogP contribution in [0.25, 0.3) is 10.7 Å². The van der Waals surface area contributed by atoms with Crippen molar-refractivity contribution >= 4 is 5.69 Å². The molecule has 2 rings (SSSR count). The van der Waals surface area contributed by atoms with Gasteiger partial charge in [0.1, 0.15) is 11.4 Å². The molecule has 0 aliphatic carbocycles. The summed E-state index contributed by atoms with van der Waals surface area (Å²) in [6, 6.07) is 1.99. The molecular weight excluding hydrogens is 322 g/mol. The molecular formula is C15H14F2N4O3. The quantitative estimate of drug-likeness (QED) is 0.473. The van der Waals surface area contributed by atoms with E-state index in [2.05, 4.69) is 4.85 Å². The number of aryl methyl sites for hydroxylation is 1. The summed E-state index contributed by atoms with van der Waals surface area (Å²) < 4.78 is 28.5. The molecule has 2 heterocycles. The van der Waals surface area contributed by atoms with Crippen molar-refractivity contribution in [2.75, 3.05) is 0 Å². The minimum atomic E-state index is -3.39. The smallest absolute Gasteiger partial charge is 0.423 e. The molecule has 0 aliphatic heterocycles. The number of aromatic nitrogens is 3. The van der Waals surface area contributed by atoms with Gasteiger partial charge in [0.05, 0.1) is 12.6 Å². The normalized spacial score (nSPS) is 11.4. The van der Waals surface area contributed by atoms with Crippen LogP contribution in [-0.4, -0.2) is 9.13 Å². The first-order valence-electron chi connectivity index (χ1n) is 6.83. The third-order valence-electron chi connectivity index (χ3n) is 3.68. The van der Waals surface area contributed by atoms with E-state index in [1.54, 1.807) is 0 Å². The predicted molar refractivity (Wildman–Crippen MR) is 81.5 cm³/mol. The zero-order chi connectivity index (χ0) is 18.4. The Hall–Kier alpha value is -3.02. The Morgan fingerprint density at radius 2 is 1.88 bits per heavy atom. The van der Waals surface area contributed by atoms with Crippen LogP contribution in [0.15, 0.2) is 21.7 Å². The Bertz CT molecular complexity index is 994. The van der Waals surface area contributed by atoms with Crippen LogP contribution in [0.5, 0.6) is 0 Å². The molecule has 0 saturated heterocycles. The van der Waals surface area contributed by atoms with Crippen LogP contribution in [0.2, 0.25) is 0 Å². The summed E-state index contributed by atoms with van der Waals surface area (Å²) >= 11 is 0. The predicted octanol–water partition coefficient (Wildman–Crippen LogP) is 1.45. The van der Waals surface area contributed by atoms with Crippen molar-refractivity contribution in [2.24, 2.45) is 7.05 Å². The van der Waals surface area contributed by atoms with Crippen LogP contribution in [0, 0.1) is 25.6 Å². The van der Waals surface area contributed by atoms with E-state index in [9.17, 15) is 23.6 Å². The summed E-state index contributed by atoms with van der Waals surface area (Å²) in [5, 5.41) is 12.4. The number of hydrogen-bond donors (Lipinski definition) is 0. The molecule has 0 saturated carbocycles. The van der Waals surface area contributed by atoms with Crippen molar-refractivity contribution in [3.05, 3.63) is 66.5 Å². The fraction of sp³-hybridized carbons (Fsp3) is 0.333. The molecule has 0 N–H and O–H groups in total. The molecule has 0 amide bonds. The maximum absolute atomic E-state index is 13.5. The van der Waals surface area contributed by atoms with Crippen LogP contribution in [0.1, 0.15) is 23.9 Å². The van der Waals surface area contributed by atoms with Gasteiger partial charge in [0.25, 0.3) is 11.7 Å². The van der Waals surface area contributed by atoms with Crippen LogP contribution in [0.4, 0.5) is 14.5 Å². The SMILES string of the molecule is [C-]#[N+]c1cc(C)c(-n2c(=O)cc(C(C)(F)F)n(C)c2=O)[n+]([O-])c1C. The number of alkyl halides is 2. The summed E-state index contributed by atoms with van der Waals surface area (Å²) in [5.74, 6) is -3.70. The summed E-state index contributed by atoms with van der Waals surface area (Å²) in [7, 11) is 1.09. The lowest BCUT2D eigenvalue weighted by Gasteiger charge is -2.17. The molecule has 0 unspecified atom stereocenters. The van der Waals surface area contributed by atoms with Gasteiger partial charge < -0.3 is 5.21 Å². The van der Waals surface area contributed by atoms with E-state index in [-0.39, 0.29) is 27.5 Å². The molecule has 126 valence electrons. The zero-order valence-electron chi connectivity index (χ0n) is 13.4. The Morgan fingerprint density at radius 1 is 1.29 bits per heavy atom. The summed E-state index contributed by atoms with van der Waals surface area (Å²) in [5.41, 5.74) is -2.58. The molecule has 0 fully saturated rings. The van der Waals surface area contributed by atoms with Crippen molar-refractivity contribution in [1.29, 1.82) is 0 Å². The van der Waals surface area contributed by atoms with Gasteiger partial charge in [-0.3, -0.25) is 4.57 Å². The van der Waals surface area contributed by atoms with E-state index in [4.69, 9.17) is 6.57 Å². The van der Waals surface area contributed by atoms with Crippen LogP contribution < -0.4 is 16.0 Å². The first-order valence-corrected chi connectivity index (χ1v) is 6.83. The molecule has 0 bridgehead atoms. The van der Waals surface area contributed by atoms with Crippen molar-refractivity contribution in [3.63, 3.8) is 0 Å². The molecule has 0 spiro atoms. The number of rotatable bonds is 2. The lowest BCUT2D eigenvalue weighted by Crippen LogP contribution is -2.48. The Kier molecular flexibility index (Phi) is 4.02. The van der Waals surface area contributed by atoms with Gasteiger partial charge >= 0.3 is 11.2 Å². The first-order chi connectivity index (χ1) is 11.0. The molecule has 0 aliphatic rings. The van der Waals surface area contributed by atoms with Gasteiger partial charge in [-0.05, 0) is 19.9 Å². The zero-order valence-corrected chi connectivity index (χ0v) is 13.4. The monoisotopic (exact) mass is 336 g/mol. The lowest BCUT2D eigenvalue weighted by molar-refractivity contribution is -0.606. The fourth-order valence-corrected chi connectivity index (χ4v) is 2.42. The van der Waals surface area contributed by atoms with Crippen molar-refractivity contribution < 1.29 is 13.5 Å². The van der Waals surface area contributed by atoms with E-state index in [0.717, 1.165) is 7.05 Å². The van der Waals surface area contributed by atoms with Gasteiger partial charge in [-0.2, -0.15) is 0 Å². The summed E-state index contributed by atoms with van der Waals surface area (Å²) in [6.45, 7) is 10.4. The number of halogens is 2. The highest BCUT2D eigenvalue weighted by Gasteiger charge is 2.32. The minimum absolute atomic E-state index is 0.00412. The standard InChI is InChI=1S/C15H14F2N4O3/c1-8-6-10(18-4)9(2)21(24)13(8)20-12(22)7-11(15(3,16)17)19(5)14(20)23/h6-7H,1-3,5H3. The van der Waals surface area contributed by atoms with Crippen molar-refractivity contribution in [1.82, 2.24) is 9.13 Å². The molecule has 2 aromatic rings. The van der Waals surface area contributed by atoms with Crippen LogP contribution in [-0.2, 0) is 13.0 Å². The number of hydrogen-bond acceptors (Lipinski definition) is 3. The second kappa shape index (κ2) is 5.56. The minimum Gasteiger partial charge on any atom is -0.711 e. The Labute approximate surface area is 135 Å². The van der Waals surface area contributed by atoms with Gasteiger partial charge in [-0.25, -0.2) is 27.9 Å². The molecule has 2 aromatic heterocycles. The topological polar surface area (TPSA) is 75.3 Å². The maximum atomic E-state index is 13.5. The molecule has 0 aromatic carbocycles. The van der Waals surface area contributed by atoms with Crippen molar-refractivity contribution in [3.8, 4) is 5.82 Å². The average Bonchev–Trinajstić information content (AvgIpc) is 2.48. The highest BCUT2D eigenvalue weighted by Crippen LogP contribution is 2.24. The maximum Gasteiger partial charge on any atom is 0.423 e. The second-order valence-electron chi connectivity index (χ2n) is 5.46. The van der Waals surface area contributed by atoms with Gasteiger partial charge in [-0.1, -0.05) is 0 Å². The number of pyridine rings is 1. The van der Waals surface area contributed by atoms with Gasteiger partial charge in [0.15, 0.2) is 0 Å². The highest BCUT2D eigenvalue weighted by atomic mass is 19.3. The molecule has 7 nitrogen and oxygen atoms in total. The van der Waals surface area contributed by atoms with E-state index >= 15 is 0 Å². The van der Waals surface area contributed by atoms with E-state index in [1.807, 2.05) is 0 Å². The highest BCUT2D eigenvalue weighted by molar-refractivity contribution is 5.51. The van der Waals surface area contributed by atoms with Gasteiger partial charge in [0.2, 0.25) is 5.69 Å². The third-order valence-corrected chi connectivity index (χ3v) is 3.68. The van der Waals surface area contributed by atoms with Crippen LogP contribution >= 0.6 is 0 Å². The van der Waals surface area contributed by atoms with E-state index in [0.29, 0.717) is 22.1 Å². The van der Waals surface area contributed by atoms with Crippen LogP contribution in [0.3, 0.4) is 0 Å².